The molecule has 0 bridgehead atoms. The van der Waals surface area contributed by atoms with Gasteiger partial charge in [0, 0.05) is 39.6 Å². The molecule has 270 valence electrons. The SMILES string of the molecule is C#C/C=C\C(=C/C)c1cccc(N(c2ccc(-c3ccc4c(c3)c3c(n4-c4ccccc4)CC(C)C=C3)cc2)C2C=C3C(=CC2)C2C=CC=CC2C3(C)C)c1. The number of para-hydroxylation sites is 1. The van der Waals surface area contributed by atoms with Gasteiger partial charge in [-0.25, -0.2) is 0 Å². The molecule has 4 atom stereocenters. The topological polar surface area (TPSA) is 8.17 Å². The number of nitrogens with zero attached hydrogens (tertiary/aromatic N) is 2. The van der Waals surface area contributed by atoms with Crippen molar-refractivity contribution in [1.82, 2.24) is 4.57 Å². The van der Waals surface area contributed by atoms with Crippen LogP contribution in [-0.2, 0) is 6.42 Å². The first-order chi connectivity index (χ1) is 26.9. The summed E-state index contributed by atoms with van der Waals surface area (Å²) in [4.78, 5) is 2.54. The second kappa shape index (κ2) is 14.0. The van der Waals surface area contributed by atoms with Gasteiger partial charge >= 0.3 is 0 Å². The minimum Gasteiger partial charge on any atom is -0.334 e. The lowest BCUT2D eigenvalue weighted by molar-refractivity contribution is 0.333. The number of aromatic nitrogens is 1. The highest BCUT2D eigenvalue weighted by Gasteiger charge is 2.48. The Bertz CT molecular complexity index is 2550. The molecule has 1 aromatic heterocycles. The van der Waals surface area contributed by atoms with E-state index < -0.39 is 0 Å². The molecule has 0 N–H and O–H groups in total. The highest BCUT2D eigenvalue weighted by atomic mass is 15.2. The summed E-state index contributed by atoms with van der Waals surface area (Å²) in [5.41, 5.74) is 15.3. The van der Waals surface area contributed by atoms with Crippen LogP contribution in [0.25, 0.3) is 39.4 Å². The predicted molar refractivity (Wildman–Crippen MR) is 234 cm³/mol. The smallest absolute Gasteiger partial charge is 0.0562 e. The van der Waals surface area contributed by atoms with Gasteiger partial charge in [0.15, 0.2) is 0 Å². The molecule has 1 saturated carbocycles. The standard InChI is InChI=1S/C53H48N2/c1-6-8-15-37(7-2)39-16-14-19-43(33-39)54(44-28-30-46-45-20-12-13-21-49(45)53(4,5)50(46)35-44)42-26-23-38(24-27-42)40-25-31-51-48(34-40)47-29-22-36(3)32-52(47)55(51)41-17-10-9-11-18-41/h1,7-27,29-31,33-36,44-45,49H,28,32H2,2-5H3/b15-8-,37-7+. The first kappa shape index (κ1) is 34.7. The predicted octanol–water partition coefficient (Wildman–Crippen LogP) is 13.3. The summed E-state index contributed by atoms with van der Waals surface area (Å²) >= 11 is 0. The molecule has 2 nitrogen and oxygen atoms in total. The molecule has 4 aliphatic carbocycles. The molecule has 4 aromatic carbocycles. The number of anilines is 2. The van der Waals surface area contributed by atoms with Crippen LogP contribution in [0.15, 0.2) is 169 Å². The summed E-state index contributed by atoms with van der Waals surface area (Å²) < 4.78 is 2.47. The molecular weight excluding hydrogens is 665 g/mol. The zero-order chi connectivity index (χ0) is 37.7. The number of hydrogen-bond acceptors (Lipinski definition) is 1. The maximum Gasteiger partial charge on any atom is 0.0562 e. The lowest BCUT2D eigenvalue weighted by Crippen LogP contribution is -2.32. The van der Waals surface area contributed by atoms with Crippen LogP contribution >= 0.6 is 0 Å². The monoisotopic (exact) mass is 712 g/mol. The maximum atomic E-state index is 5.61. The number of benzene rings is 4. The van der Waals surface area contributed by atoms with E-state index in [0.29, 0.717) is 17.8 Å². The van der Waals surface area contributed by atoms with Crippen molar-refractivity contribution in [1.29, 1.82) is 0 Å². The summed E-state index contributed by atoms with van der Waals surface area (Å²) in [5, 5.41) is 1.31. The lowest BCUT2D eigenvalue weighted by Gasteiger charge is -2.36. The molecule has 0 saturated heterocycles. The van der Waals surface area contributed by atoms with Crippen LogP contribution in [0.3, 0.4) is 0 Å². The van der Waals surface area contributed by atoms with Gasteiger partial charge in [0.25, 0.3) is 0 Å². The van der Waals surface area contributed by atoms with Crippen molar-refractivity contribution in [2.24, 2.45) is 23.2 Å². The lowest BCUT2D eigenvalue weighted by atomic mass is 9.75. The quantitative estimate of drug-likeness (QED) is 0.120. The molecule has 1 fully saturated rings. The van der Waals surface area contributed by atoms with Gasteiger partial charge in [0.2, 0.25) is 0 Å². The molecule has 4 aliphatic rings. The van der Waals surface area contributed by atoms with Gasteiger partial charge in [-0.1, -0.05) is 130 Å². The van der Waals surface area contributed by atoms with E-state index in [4.69, 9.17) is 6.42 Å². The number of allylic oxidation sites excluding steroid dienone is 11. The molecule has 0 spiro atoms. The van der Waals surface area contributed by atoms with Gasteiger partial charge in [0.1, 0.15) is 0 Å². The number of terminal acetylenes is 1. The zero-order valence-electron chi connectivity index (χ0n) is 32.3. The van der Waals surface area contributed by atoms with Crippen molar-refractivity contribution in [2.75, 3.05) is 4.90 Å². The minimum atomic E-state index is 0.0521. The first-order valence-corrected chi connectivity index (χ1v) is 19.8. The largest absolute Gasteiger partial charge is 0.334 e. The van der Waals surface area contributed by atoms with Crippen molar-refractivity contribution in [3.8, 4) is 29.2 Å². The summed E-state index contributed by atoms with van der Waals surface area (Å²) in [7, 11) is 0. The highest BCUT2D eigenvalue weighted by Crippen LogP contribution is 2.57. The van der Waals surface area contributed by atoms with E-state index in [-0.39, 0.29) is 11.5 Å². The van der Waals surface area contributed by atoms with E-state index in [1.807, 2.05) is 6.08 Å². The van der Waals surface area contributed by atoms with Crippen molar-refractivity contribution in [2.45, 2.75) is 46.6 Å². The summed E-state index contributed by atoms with van der Waals surface area (Å²) in [6, 6.07) is 36.1. The molecule has 1 heterocycles. The van der Waals surface area contributed by atoms with E-state index in [1.165, 1.54) is 61.5 Å². The van der Waals surface area contributed by atoms with Gasteiger partial charge in [-0.15, -0.1) is 6.42 Å². The van der Waals surface area contributed by atoms with Gasteiger partial charge in [-0.3, -0.25) is 0 Å². The maximum absolute atomic E-state index is 5.61. The van der Waals surface area contributed by atoms with Crippen molar-refractivity contribution < 1.29 is 0 Å². The third kappa shape index (κ3) is 6.00. The molecule has 9 rings (SSSR count). The molecule has 0 aliphatic heterocycles. The summed E-state index contributed by atoms with van der Waals surface area (Å²) in [6.45, 7) is 9.24. The molecular formula is C53H48N2. The fourth-order valence-corrected chi connectivity index (χ4v) is 9.69. The van der Waals surface area contributed by atoms with Crippen LogP contribution in [0, 0.1) is 35.5 Å². The van der Waals surface area contributed by atoms with Crippen LogP contribution in [-0.4, -0.2) is 10.6 Å². The van der Waals surface area contributed by atoms with Crippen molar-refractivity contribution >= 4 is 33.9 Å². The highest BCUT2D eigenvalue weighted by molar-refractivity contribution is 5.96. The molecule has 4 unspecified atom stereocenters. The second-order valence-corrected chi connectivity index (χ2v) is 16.1. The Labute approximate surface area is 326 Å². The van der Waals surface area contributed by atoms with E-state index in [0.717, 1.165) is 24.0 Å². The Kier molecular flexibility index (Phi) is 8.83. The van der Waals surface area contributed by atoms with Gasteiger partial charge in [0.05, 0.1) is 11.6 Å². The molecule has 0 radical (unpaired) electrons. The van der Waals surface area contributed by atoms with Crippen LogP contribution in [0.1, 0.15) is 50.9 Å². The number of hydrogen-bond donors (Lipinski definition) is 0. The normalized spacial score (nSPS) is 22.2. The van der Waals surface area contributed by atoms with E-state index in [9.17, 15) is 0 Å². The second-order valence-electron chi connectivity index (χ2n) is 16.1. The molecule has 55 heavy (non-hydrogen) atoms. The number of fused-ring (bicyclic) bond motifs is 6. The van der Waals surface area contributed by atoms with Crippen LogP contribution in [0.5, 0.6) is 0 Å². The third-order valence-corrected chi connectivity index (χ3v) is 12.4. The van der Waals surface area contributed by atoms with Crippen LogP contribution < -0.4 is 4.90 Å². The average molecular weight is 713 g/mol. The molecule has 0 amide bonds. The van der Waals surface area contributed by atoms with Gasteiger partial charge < -0.3 is 9.47 Å². The number of rotatable bonds is 7. The molecule has 2 heteroatoms. The summed E-state index contributed by atoms with van der Waals surface area (Å²) in [6.07, 6.45) is 32.6. The average Bonchev–Trinajstić information content (AvgIpc) is 3.66. The van der Waals surface area contributed by atoms with Crippen LogP contribution in [0.2, 0.25) is 0 Å². The minimum absolute atomic E-state index is 0.0521. The Balaban J connectivity index is 1.12. The van der Waals surface area contributed by atoms with Crippen LogP contribution in [0.4, 0.5) is 11.4 Å². The summed E-state index contributed by atoms with van der Waals surface area (Å²) in [5.74, 6) is 4.11. The van der Waals surface area contributed by atoms with E-state index >= 15 is 0 Å². The fraction of sp³-hybridized carbons (Fsp3) is 0.208. The fourth-order valence-electron chi connectivity index (χ4n) is 9.69. The molecule has 5 aromatic rings. The van der Waals surface area contributed by atoms with Crippen molar-refractivity contribution in [3.05, 3.63) is 186 Å². The zero-order valence-corrected chi connectivity index (χ0v) is 32.3. The van der Waals surface area contributed by atoms with Crippen molar-refractivity contribution in [3.63, 3.8) is 0 Å². The van der Waals surface area contributed by atoms with E-state index in [1.54, 1.807) is 6.08 Å². The Morgan fingerprint density at radius 3 is 2.47 bits per heavy atom. The first-order valence-electron chi connectivity index (χ1n) is 19.8. The van der Waals surface area contributed by atoms with E-state index in [2.05, 4.69) is 195 Å². The third-order valence-electron chi connectivity index (χ3n) is 12.4. The Morgan fingerprint density at radius 1 is 0.873 bits per heavy atom. The van der Waals surface area contributed by atoms with Gasteiger partial charge in [-0.05, 0) is 131 Å². The Hall–Kier alpha value is -6.04. The van der Waals surface area contributed by atoms with Gasteiger partial charge in [-0.2, -0.15) is 0 Å². The Morgan fingerprint density at radius 2 is 1.67 bits per heavy atom.